The van der Waals surface area contributed by atoms with Gasteiger partial charge in [0.25, 0.3) is 0 Å². The highest BCUT2D eigenvalue weighted by atomic mass is 16.4. The van der Waals surface area contributed by atoms with Crippen LogP contribution in [0.3, 0.4) is 0 Å². The average Bonchev–Trinajstić information content (AvgIpc) is 2.46. The molecule has 23 heavy (non-hydrogen) atoms. The number of hydrogen-bond donors (Lipinski definition) is 3. The third kappa shape index (κ3) is 4.03. The van der Waals surface area contributed by atoms with Gasteiger partial charge in [0.2, 0.25) is 11.8 Å². The summed E-state index contributed by atoms with van der Waals surface area (Å²) in [5, 5.41) is 15.0. The molecule has 130 valence electrons. The van der Waals surface area contributed by atoms with E-state index in [9.17, 15) is 14.4 Å². The van der Waals surface area contributed by atoms with Crippen LogP contribution in [0.1, 0.15) is 64.7 Å². The van der Waals surface area contributed by atoms with Crippen molar-refractivity contribution in [2.75, 3.05) is 6.54 Å². The summed E-state index contributed by atoms with van der Waals surface area (Å²) in [6.07, 6.45) is 7.23. The Hall–Kier alpha value is -1.59. The second kappa shape index (κ2) is 7.79. The van der Waals surface area contributed by atoms with E-state index < -0.39 is 23.3 Å². The van der Waals surface area contributed by atoms with Crippen LogP contribution >= 0.6 is 0 Å². The number of carbonyl (C=O) groups excluding carboxylic acids is 2. The van der Waals surface area contributed by atoms with Gasteiger partial charge in [0.15, 0.2) is 0 Å². The van der Waals surface area contributed by atoms with E-state index in [-0.39, 0.29) is 11.8 Å². The average molecular weight is 324 g/mol. The normalized spacial score (nSPS) is 26.0. The molecule has 0 bridgehead atoms. The van der Waals surface area contributed by atoms with Gasteiger partial charge < -0.3 is 15.7 Å². The molecule has 0 heterocycles. The molecule has 0 radical (unpaired) electrons. The smallest absolute Gasteiger partial charge is 0.307 e. The Balaban J connectivity index is 2.01. The Kier molecular flexibility index (Phi) is 6.02. The molecular weight excluding hydrogens is 296 g/mol. The summed E-state index contributed by atoms with van der Waals surface area (Å²) in [6, 6.07) is 0. The van der Waals surface area contributed by atoms with Crippen molar-refractivity contribution in [1.82, 2.24) is 10.6 Å². The Bertz CT molecular complexity index is 458. The number of amides is 2. The van der Waals surface area contributed by atoms with Crippen LogP contribution in [0.2, 0.25) is 0 Å². The number of rotatable bonds is 7. The summed E-state index contributed by atoms with van der Waals surface area (Å²) < 4.78 is 0. The lowest BCUT2D eigenvalue weighted by atomic mass is 9.72. The van der Waals surface area contributed by atoms with Gasteiger partial charge in [-0.15, -0.1) is 0 Å². The maximum atomic E-state index is 12.6. The van der Waals surface area contributed by atoms with Crippen LogP contribution in [0, 0.1) is 11.8 Å². The van der Waals surface area contributed by atoms with E-state index in [1.165, 1.54) is 0 Å². The molecule has 6 nitrogen and oxygen atoms in total. The second-order valence-corrected chi connectivity index (χ2v) is 6.87. The zero-order valence-corrected chi connectivity index (χ0v) is 13.9. The van der Waals surface area contributed by atoms with Crippen molar-refractivity contribution in [3.63, 3.8) is 0 Å². The van der Waals surface area contributed by atoms with E-state index in [0.29, 0.717) is 32.2 Å². The van der Waals surface area contributed by atoms with Crippen LogP contribution in [0.15, 0.2) is 0 Å². The third-order valence-electron chi connectivity index (χ3n) is 5.25. The molecule has 0 spiro atoms. The Labute approximate surface area is 137 Å². The fourth-order valence-electron chi connectivity index (χ4n) is 3.55. The second-order valence-electron chi connectivity index (χ2n) is 6.87. The topological polar surface area (TPSA) is 95.5 Å². The van der Waals surface area contributed by atoms with Crippen molar-refractivity contribution in [2.45, 2.75) is 70.3 Å². The van der Waals surface area contributed by atoms with E-state index in [0.717, 1.165) is 32.1 Å². The molecule has 3 N–H and O–H groups in total. The molecule has 2 rings (SSSR count). The number of carboxylic acids is 1. The largest absolute Gasteiger partial charge is 0.481 e. The lowest BCUT2D eigenvalue weighted by Gasteiger charge is -2.40. The summed E-state index contributed by atoms with van der Waals surface area (Å²) in [5.41, 5.74) is -0.846. The quantitative estimate of drug-likeness (QED) is 0.623. The van der Waals surface area contributed by atoms with Gasteiger partial charge in [-0.05, 0) is 32.1 Å². The molecule has 0 saturated heterocycles. The van der Waals surface area contributed by atoms with E-state index in [1.54, 1.807) is 0 Å². The fraction of sp³-hybridized carbons (Fsp3) is 0.824. The van der Waals surface area contributed by atoms with Gasteiger partial charge in [-0.2, -0.15) is 0 Å². The maximum Gasteiger partial charge on any atom is 0.307 e. The van der Waals surface area contributed by atoms with Crippen molar-refractivity contribution in [3.05, 3.63) is 0 Å². The van der Waals surface area contributed by atoms with Crippen molar-refractivity contribution in [2.24, 2.45) is 11.8 Å². The summed E-state index contributed by atoms with van der Waals surface area (Å²) in [7, 11) is 0. The molecule has 2 atom stereocenters. The third-order valence-corrected chi connectivity index (χ3v) is 5.25. The van der Waals surface area contributed by atoms with Gasteiger partial charge >= 0.3 is 5.97 Å². The zero-order valence-electron chi connectivity index (χ0n) is 13.9. The van der Waals surface area contributed by atoms with Gasteiger partial charge in [-0.1, -0.05) is 32.6 Å². The first-order valence-electron chi connectivity index (χ1n) is 8.83. The molecule has 2 amide bonds. The molecule has 2 aliphatic carbocycles. The van der Waals surface area contributed by atoms with Crippen LogP contribution in [0.4, 0.5) is 0 Å². The fourth-order valence-corrected chi connectivity index (χ4v) is 3.55. The molecule has 0 aliphatic heterocycles. The minimum absolute atomic E-state index is 0.106. The Morgan fingerprint density at radius 1 is 1.09 bits per heavy atom. The van der Waals surface area contributed by atoms with E-state index >= 15 is 0 Å². The van der Waals surface area contributed by atoms with Gasteiger partial charge in [0.05, 0.1) is 11.8 Å². The minimum atomic E-state index is -0.915. The van der Waals surface area contributed by atoms with Crippen LogP contribution < -0.4 is 10.6 Å². The molecule has 2 fully saturated rings. The van der Waals surface area contributed by atoms with Gasteiger partial charge in [-0.25, -0.2) is 0 Å². The highest BCUT2D eigenvalue weighted by molar-refractivity contribution is 5.94. The lowest BCUT2D eigenvalue weighted by molar-refractivity contribution is -0.154. The number of carboxylic acid groups (broad SMARTS) is 1. The maximum absolute atomic E-state index is 12.6. The number of unbranched alkanes of at least 4 members (excludes halogenated alkanes) is 1. The van der Waals surface area contributed by atoms with E-state index in [2.05, 4.69) is 17.6 Å². The standard InChI is InChI=1S/C17H28N2O4/c1-2-3-11-18-16(23)17(9-5-4-6-10-17)19-14(20)12-7-8-13(12)15(21)22/h12-13H,2-11H2,1H3,(H,18,23)(H,19,20)(H,21,22). The predicted octanol–water partition coefficient (Wildman–Crippen LogP) is 1.83. The summed E-state index contributed by atoms with van der Waals surface area (Å²) in [4.78, 5) is 36.2. The SMILES string of the molecule is CCCCNC(=O)C1(NC(=O)C2CCC2C(=O)O)CCCCC1. The molecule has 2 aliphatic rings. The lowest BCUT2D eigenvalue weighted by Crippen LogP contribution is -2.62. The van der Waals surface area contributed by atoms with Crippen LogP contribution in [-0.4, -0.2) is 35.0 Å². The Morgan fingerprint density at radius 2 is 1.74 bits per heavy atom. The van der Waals surface area contributed by atoms with E-state index in [4.69, 9.17) is 5.11 Å². The predicted molar refractivity (Wildman–Crippen MR) is 85.7 cm³/mol. The zero-order chi connectivity index (χ0) is 16.9. The first-order chi connectivity index (χ1) is 11.0. The monoisotopic (exact) mass is 324 g/mol. The van der Waals surface area contributed by atoms with Crippen LogP contribution in [0.25, 0.3) is 0 Å². The van der Waals surface area contributed by atoms with Crippen molar-refractivity contribution >= 4 is 17.8 Å². The molecular formula is C17H28N2O4. The Morgan fingerprint density at radius 3 is 2.26 bits per heavy atom. The highest BCUT2D eigenvalue weighted by Crippen LogP contribution is 2.36. The first-order valence-corrected chi connectivity index (χ1v) is 8.83. The molecule has 0 aromatic carbocycles. The van der Waals surface area contributed by atoms with Gasteiger partial charge in [0.1, 0.15) is 5.54 Å². The number of carbonyl (C=O) groups is 3. The molecule has 6 heteroatoms. The molecule has 0 aromatic rings. The first kappa shape index (κ1) is 17.8. The summed E-state index contributed by atoms with van der Waals surface area (Å²) >= 11 is 0. The van der Waals surface area contributed by atoms with E-state index in [1.807, 2.05) is 0 Å². The molecule has 2 saturated carbocycles. The molecule has 2 unspecified atom stereocenters. The van der Waals surface area contributed by atoms with Crippen LogP contribution in [-0.2, 0) is 14.4 Å². The molecule has 0 aromatic heterocycles. The van der Waals surface area contributed by atoms with Crippen molar-refractivity contribution in [3.8, 4) is 0 Å². The van der Waals surface area contributed by atoms with Crippen molar-refractivity contribution in [1.29, 1.82) is 0 Å². The number of nitrogens with one attached hydrogen (secondary N) is 2. The minimum Gasteiger partial charge on any atom is -0.481 e. The summed E-state index contributed by atoms with van der Waals surface area (Å²) in [6.45, 7) is 2.68. The number of hydrogen-bond acceptors (Lipinski definition) is 3. The van der Waals surface area contributed by atoms with Gasteiger partial charge in [-0.3, -0.25) is 14.4 Å². The van der Waals surface area contributed by atoms with Gasteiger partial charge in [0, 0.05) is 6.54 Å². The highest BCUT2D eigenvalue weighted by Gasteiger charge is 2.46. The van der Waals surface area contributed by atoms with Crippen molar-refractivity contribution < 1.29 is 19.5 Å². The number of aliphatic carboxylic acids is 1. The summed E-state index contributed by atoms with van der Waals surface area (Å²) in [5.74, 6) is -2.38. The van der Waals surface area contributed by atoms with Crippen LogP contribution in [0.5, 0.6) is 0 Å².